The van der Waals surface area contributed by atoms with Crippen molar-refractivity contribution in [1.82, 2.24) is 9.55 Å². The van der Waals surface area contributed by atoms with E-state index in [0.29, 0.717) is 0 Å². The summed E-state index contributed by atoms with van der Waals surface area (Å²) in [5.74, 6) is -0.924. The number of nitrogens with zero attached hydrogens (tertiary/aromatic N) is 1. The zero-order chi connectivity index (χ0) is 17.7. The molecule has 2 aliphatic heterocycles. The molecule has 2 saturated heterocycles. The third-order valence-corrected chi connectivity index (χ3v) is 4.26. The Morgan fingerprint density at radius 1 is 1.29 bits per heavy atom. The summed E-state index contributed by atoms with van der Waals surface area (Å²) in [5.41, 5.74) is -1.20. The van der Waals surface area contributed by atoms with Crippen molar-refractivity contribution in [3.8, 4) is 0 Å². The fourth-order valence-electron chi connectivity index (χ4n) is 2.84. The molecule has 1 aromatic heterocycles. The SMILES string of the molecule is CC1(C)OC2[C@@H](O1)[C@@H](COS(C)(=O)=O)O[C@H]2n1ccc(=O)[nH]c1=O. The van der Waals surface area contributed by atoms with Crippen molar-refractivity contribution in [1.29, 1.82) is 0 Å². The van der Waals surface area contributed by atoms with E-state index in [2.05, 4.69) is 4.98 Å². The first kappa shape index (κ1) is 17.3. The summed E-state index contributed by atoms with van der Waals surface area (Å²) in [6.07, 6.45) is -0.691. The minimum atomic E-state index is -3.66. The lowest BCUT2D eigenvalue weighted by atomic mass is 10.1. The average molecular weight is 362 g/mol. The summed E-state index contributed by atoms with van der Waals surface area (Å²) in [6, 6.07) is 1.18. The lowest BCUT2D eigenvalue weighted by molar-refractivity contribution is -0.199. The molecule has 0 aromatic carbocycles. The molecule has 1 unspecified atom stereocenters. The Hall–Kier alpha value is -1.53. The first-order valence-corrected chi connectivity index (χ1v) is 9.04. The Bertz CT molecular complexity index is 842. The Balaban J connectivity index is 1.90. The predicted molar refractivity (Wildman–Crippen MR) is 79.9 cm³/mol. The van der Waals surface area contributed by atoms with Crippen molar-refractivity contribution >= 4 is 10.1 Å². The molecule has 3 rings (SSSR count). The van der Waals surface area contributed by atoms with Crippen LogP contribution in [0.25, 0.3) is 0 Å². The van der Waals surface area contributed by atoms with E-state index in [-0.39, 0.29) is 6.61 Å². The smallest absolute Gasteiger partial charge is 0.330 e. The molecule has 1 aromatic rings. The summed E-state index contributed by atoms with van der Waals surface area (Å²) in [6.45, 7) is 3.13. The van der Waals surface area contributed by atoms with Crippen molar-refractivity contribution in [3.63, 3.8) is 0 Å². The second-order valence-electron chi connectivity index (χ2n) is 6.14. The highest BCUT2D eigenvalue weighted by molar-refractivity contribution is 7.85. The van der Waals surface area contributed by atoms with Gasteiger partial charge in [0.25, 0.3) is 15.7 Å². The van der Waals surface area contributed by atoms with E-state index in [9.17, 15) is 18.0 Å². The molecule has 2 aliphatic rings. The van der Waals surface area contributed by atoms with Crippen LogP contribution in [0.15, 0.2) is 21.9 Å². The second kappa shape index (κ2) is 5.77. The summed E-state index contributed by atoms with van der Waals surface area (Å²) in [7, 11) is -3.66. The fourth-order valence-corrected chi connectivity index (χ4v) is 3.22. The molecule has 10 nitrogen and oxygen atoms in total. The first-order valence-electron chi connectivity index (χ1n) is 7.23. The molecule has 11 heteroatoms. The van der Waals surface area contributed by atoms with Crippen molar-refractivity contribution in [2.45, 2.75) is 44.2 Å². The van der Waals surface area contributed by atoms with Gasteiger partial charge in [0, 0.05) is 12.3 Å². The van der Waals surface area contributed by atoms with Crippen LogP contribution in [0.1, 0.15) is 20.1 Å². The molecule has 2 fully saturated rings. The van der Waals surface area contributed by atoms with Gasteiger partial charge in [-0.2, -0.15) is 8.42 Å². The summed E-state index contributed by atoms with van der Waals surface area (Å²) in [5, 5.41) is 0. The van der Waals surface area contributed by atoms with Gasteiger partial charge in [-0.3, -0.25) is 18.5 Å². The average Bonchev–Trinajstić information content (AvgIpc) is 2.90. The number of hydrogen-bond acceptors (Lipinski definition) is 8. The van der Waals surface area contributed by atoms with Crippen LogP contribution in [0.4, 0.5) is 0 Å². The number of fused-ring (bicyclic) bond motifs is 1. The molecule has 0 radical (unpaired) electrons. The van der Waals surface area contributed by atoms with E-state index in [4.69, 9.17) is 18.4 Å². The topological polar surface area (TPSA) is 126 Å². The van der Waals surface area contributed by atoms with Gasteiger partial charge in [-0.05, 0) is 13.8 Å². The van der Waals surface area contributed by atoms with Crippen LogP contribution in [0, 0.1) is 0 Å². The van der Waals surface area contributed by atoms with E-state index in [1.54, 1.807) is 13.8 Å². The van der Waals surface area contributed by atoms with Crippen LogP contribution in [-0.4, -0.2) is 54.9 Å². The zero-order valence-corrected chi connectivity index (χ0v) is 14.1. The van der Waals surface area contributed by atoms with Gasteiger partial charge >= 0.3 is 5.69 Å². The van der Waals surface area contributed by atoms with Gasteiger partial charge in [-0.25, -0.2) is 4.79 Å². The van der Waals surface area contributed by atoms with Gasteiger partial charge in [-0.15, -0.1) is 0 Å². The predicted octanol–water partition coefficient (Wildman–Crippen LogP) is -1.07. The maximum atomic E-state index is 12.0. The van der Waals surface area contributed by atoms with Gasteiger partial charge < -0.3 is 14.2 Å². The normalized spacial score (nSPS) is 32.0. The minimum Gasteiger partial charge on any atom is -0.346 e. The molecule has 0 spiro atoms. The van der Waals surface area contributed by atoms with E-state index in [1.165, 1.54) is 16.8 Å². The standard InChI is InChI=1S/C13H18N2O8S/c1-13(2)22-9-7(6-20-24(3,18)19)21-11(10(9)23-13)15-5-4-8(16)14-12(15)17/h4-5,7,9-11H,6H2,1-3H3,(H,14,16,17)/t7-,9+,10?,11-/m1/s1. The highest BCUT2D eigenvalue weighted by atomic mass is 32.2. The number of rotatable bonds is 4. The van der Waals surface area contributed by atoms with Crippen LogP contribution in [-0.2, 0) is 28.5 Å². The van der Waals surface area contributed by atoms with Gasteiger partial charge in [-0.1, -0.05) is 0 Å². The van der Waals surface area contributed by atoms with E-state index in [0.717, 1.165) is 6.26 Å². The van der Waals surface area contributed by atoms with Crippen molar-refractivity contribution in [2.75, 3.05) is 12.9 Å². The molecule has 3 heterocycles. The molecule has 134 valence electrons. The lowest BCUT2D eigenvalue weighted by Gasteiger charge is -2.24. The van der Waals surface area contributed by atoms with E-state index >= 15 is 0 Å². The zero-order valence-electron chi connectivity index (χ0n) is 13.3. The number of nitrogens with one attached hydrogen (secondary N) is 1. The van der Waals surface area contributed by atoms with Crippen molar-refractivity contribution in [3.05, 3.63) is 33.1 Å². The molecule has 0 amide bonds. The second-order valence-corrected chi connectivity index (χ2v) is 7.78. The van der Waals surface area contributed by atoms with Crippen molar-refractivity contribution < 1.29 is 26.8 Å². The Morgan fingerprint density at radius 3 is 2.58 bits per heavy atom. The highest BCUT2D eigenvalue weighted by Gasteiger charge is 2.56. The quantitative estimate of drug-likeness (QED) is 0.671. The van der Waals surface area contributed by atoms with Crippen LogP contribution >= 0.6 is 0 Å². The van der Waals surface area contributed by atoms with Gasteiger partial charge in [0.2, 0.25) is 0 Å². The minimum absolute atomic E-state index is 0.270. The molecule has 24 heavy (non-hydrogen) atoms. The Kier molecular flexibility index (Phi) is 4.16. The third kappa shape index (κ3) is 3.44. The van der Waals surface area contributed by atoms with E-state index < -0.39 is 51.7 Å². The summed E-state index contributed by atoms with van der Waals surface area (Å²) >= 11 is 0. The van der Waals surface area contributed by atoms with Crippen LogP contribution in [0.5, 0.6) is 0 Å². The van der Waals surface area contributed by atoms with Crippen LogP contribution in [0.2, 0.25) is 0 Å². The monoisotopic (exact) mass is 362 g/mol. The van der Waals surface area contributed by atoms with Crippen molar-refractivity contribution in [2.24, 2.45) is 0 Å². The maximum absolute atomic E-state index is 12.0. The number of ether oxygens (including phenoxy) is 3. The molecule has 1 N–H and O–H groups in total. The molecular formula is C13H18N2O8S. The highest BCUT2D eigenvalue weighted by Crippen LogP contribution is 2.42. The van der Waals surface area contributed by atoms with Gasteiger partial charge in [0.15, 0.2) is 12.0 Å². The molecule has 4 atom stereocenters. The first-order chi connectivity index (χ1) is 11.1. The van der Waals surface area contributed by atoms with Gasteiger partial charge in [0.1, 0.15) is 18.3 Å². The van der Waals surface area contributed by atoms with E-state index in [1.807, 2.05) is 0 Å². The number of aromatic amines is 1. The van der Waals surface area contributed by atoms with Gasteiger partial charge in [0.05, 0.1) is 12.9 Å². The molecule has 0 bridgehead atoms. The number of aromatic nitrogens is 2. The Labute approximate surface area is 137 Å². The molecule has 0 saturated carbocycles. The third-order valence-electron chi connectivity index (χ3n) is 3.70. The molecule has 0 aliphatic carbocycles. The number of H-pyrrole nitrogens is 1. The number of hydrogen-bond donors (Lipinski definition) is 1. The summed E-state index contributed by atoms with van der Waals surface area (Å²) < 4.78 is 45.6. The van der Waals surface area contributed by atoms with Crippen LogP contribution < -0.4 is 11.2 Å². The lowest BCUT2D eigenvalue weighted by Crippen LogP contribution is -2.37. The Morgan fingerprint density at radius 2 is 1.96 bits per heavy atom. The largest absolute Gasteiger partial charge is 0.346 e. The summed E-state index contributed by atoms with van der Waals surface area (Å²) in [4.78, 5) is 25.4. The fraction of sp³-hybridized carbons (Fsp3) is 0.692. The van der Waals surface area contributed by atoms with Crippen LogP contribution in [0.3, 0.4) is 0 Å². The maximum Gasteiger partial charge on any atom is 0.330 e. The molecular weight excluding hydrogens is 344 g/mol.